The Morgan fingerprint density at radius 3 is 2.24 bits per heavy atom. The Bertz CT molecular complexity index is 1030. The minimum Gasteiger partial charge on any atom is -0.281 e. The van der Waals surface area contributed by atoms with Crippen molar-refractivity contribution in [3.63, 3.8) is 0 Å². The summed E-state index contributed by atoms with van der Waals surface area (Å²) in [5.74, 6) is 0. The highest BCUT2D eigenvalue weighted by atomic mass is 35.5. The van der Waals surface area contributed by atoms with Crippen molar-refractivity contribution in [1.82, 2.24) is 9.78 Å². The lowest BCUT2D eigenvalue weighted by molar-refractivity contribution is -0.137. The van der Waals surface area contributed by atoms with Crippen LogP contribution in [0.25, 0.3) is 16.9 Å². The average Bonchev–Trinajstić information content (AvgIpc) is 3.03. The summed E-state index contributed by atoms with van der Waals surface area (Å²) >= 11 is 5.57. The molecule has 3 aromatic rings. The van der Waals surface area contributed by atoms with E-state index in [1.807, 2.05) is 24.3 Å². The quantitative estimate of drug-likeness (QED) is 0.473. The van der Waals surface area contributed by atoms with E-state index in [9.17, 15) is 18.0 Å². The molecular weight excluding hydrogens is 401 g/mol. The van der Waals surface area contributed by atoms with Gasteiger partial charge in [-0.2, -0.15) is 18.3 Å². The van der Waals surface area contributed by atoms with Crippen molar-refractivity contribution in [1.29, 1.82) is 0 Å². The van der Waals surface area contributed by atoms with Crippen molar-refractivity contribution >= 4 is 16.8 Å². The molecule has 0 aliphatic heterocycles. The number of hydrogen-bond donors (Lipinski definition) is 0. The van der Waals surface area contributed by atoms with Crippen LogP contribution in [-0.4, -0.2) is 15.0 Å². The molecule has 0 saturated heterocycles. The van der Waals surface area contributed by atoms with Crippen molar-refractivity contribution in [2.45, 2.75) is 38.8 Å². The second-order valence-electron chi connectivity index (χ2n) is 7.85. The van der Waals surface area contributed by atoms with Crippen molar-refractivity contribution in [2.75, 3.05) is 0 Å². The molecule has 0 bridgehead atoms. The zero-order valence-corrected chi connectivity index (χ0v) is 17.0. The summed E-state index contributed by atoms with van der Waals surface area (Å²) in [5, 5.41) is 3.89. The molecule has 1 aromatic heterocycles. The summed E-state index contributed by atoms with van der Waals surface area (Å²) in [7, 11) is 0. The topological polar surface area (TPSA) is 34.9 Å². The van der Waals surface area contributed by atoms with Gasteiger partial charge in [0.05, 0.1) is 23.4 Å². The van der Waals surface area contributed by atoms with Gasteiger partial charge >= 0.3 is 6.18 Å². The van der Waals surface area contributed by atoms with Gasteiger partial charge in [-0.05, 0) is 40.8 Å². The van der Waals surface area contributed by atoms with Crippen LogP contribution in [0.1, 0.15) is 37.5 Å². The fourth-order valence-electron chi connectivity index (χ4n) is 3.02. The lowest BCUT2D eigenvalue weighted by Crippen LogP contribution is -2.10. The molecule has 3 rings (SSSR count). The number of nitrogens with zero attached hydrogens (tertiary/aromatic N) is 2. The van der Waals surface area contributed by atoms with E-state index in [0.717, 1.165) is 23.3 Å². The van der Waals surface area contributed by atoms with Crippen LogP contribution in [0.3, 0.4) is 0 Å². The standard InChI is InChI=1S/C22H20ClF3N2O/c1-21(2,3)16-9-7-14(8-10-16)20-15(11-19(23)29)13-28(27-20)18-6-4-5-17(12-18)22(24,25)26/h4-10,12-13H,11H2,1-3H3. The minimum absolute atomic E-state index is 0.0230. The Hall–Kier alpha value is -2.60. The van der Waals surface area contributed by atoms with Crippen molar-refractivity contribution in [2.24, 2.45) is 0 Å². The van der Waals surface area contributed by atoms with E-state index in [1.165, 1.54) is 16.8 Å². The predicted octanol–water partition coefficient (Wildman–Crippen LogP) is 6.16. The van der Waals surface area contributed by atoms with Crippen LogP contribution < -0.4 is 0 Å². The maximum absolute atomic E-state index is 13.0. The van der Waals surface area contributed by atoms with Gasteiger partial charge < -0.3 is 0 Å². The number of carbonyl (C=O) groups is 1. The minimum atomic E-state index is -4.45. The first kappa shape index (κ1) is 21.1. The summed E-state index contributed by atoms with van der Waals surface area (Å²) in [6.45, 7) is 6.30. The zero-order chi connectivity index (χ0) is 21.4. The summed E-state index contributed by atoms with van der Waals surface area (Å²) in [5.41, 5.74) is 2.41. The van der Waals surface area contributed by atoms with Crippen molar-refractivity contribution in [3.05, 3.63) is 71.4 Å². The molecule has 2 aromatic carbocycles. The zero-order valence-electron chi connectivity index (χ0n) is 16.2. The molecule has 0 fully saturated rings. The Kier molecular flexibility index (Phi) is 5.59. The first-order valence-corrected chi connectivity index (χ1v) is 9.38. The second-order valence-corrected chi connectivity index (χ2v) is 8.28. The Morgan fingerprint density at radius 1 is 1.03 bits per heavy atom. The normalized spacial score (nSPS) is 12.2. The Balaban J connectivity index is 2.07. The Morgan fingerprint density at radius 2 is 1.69 bits per heavy atom. The molecule has 3 nitrogen and oxygen atoms in total. The molecule has 0 spiro atoms. The highest BCUT2D eigenvalue weighted by molar-refractivity contribution is 6.63. The smallest absolute Gasteiger partial charge is 0.281 e. The number of benzene rings is 2. The van der Waals surface area contributed by atoms with Crippen LogP contribution in [0.2, 0.25) is 0 Å². The molecule has 152 valence electrons. The summed E-state index contributed by atoms with van der Waals surface area (Å²) in [6, 6.07) is 12.6. The Labute approximate surface area is 172 Å². The van der Waals surface area contributed by atoms with Gasteiger partial charge in [-0.3, -0.25) is 4.79 Å². The maximum atomic E-state index is 13.0. The average molecular weight is 421 g/mol. The van der Waals surface area contributed by atoms with E-state index in [1.54, 1.807) is 6.20 Å². The van der Waals surface area contributed by atoms with E-state index in [4.69, 9.17) is 11.6 Å². The third-order valence-corrected chi connectivity index (χ3v) is 4.72. The van der Waals surface area contributed by atoms with Crippen LogP contribution in [-0.2, 0) is 22.8 Å². The summed E-state index contributed by atoms with van der Waals surface area (Å²) < 4.78 is 40.5. The SMILES string of the molecule is CC(C)(C)c1ccc(-c2nn(-c3cccc(C(F)(F)F)c3)cc2CC(=O)Cl)cc1. The lowest BCUT2D eigenvalue weighted by atomic mass is 9.86. The lowest BCUT2D eigenvalue weighted by Gasteiger charge is -2.19. The van der Waals surface area contributed by atoms with E-state index in [-0.39, 0.29) is 17.5 Å². The molecule has 0 unspecified atom stereocenters. The van der Waals surface area contributed by atoms with Crippen LogP contribution in [0.4, 0.5) is 13.2 Å². The molecule has 0 radical (unpaired) electrons. The predicted molar refractivity (Wildman–Crippen MR) is 107 cm³/mol. The third kappa shape index (κ3) is 4.88. The summed E-state index contributed by atoms with van der Waals surface area (Å²) in [4.78, 5) is 11.5. The fraction of sp³-hybridized carbons (Fsp3) is 0.273. The van der Waals surface area contributed by atoms with Gasteiger partial charge in [-0.1, -0.05) is 51.1 Å². The molecule has 0 amide bonds. The molecule has 0 atom stereocenters. The second kappa shape index (κ2) is 7.67. The molecule has 0 aliphatic carbocycles. The number of alkyl halides is 3. The number of halogens is 4. The van der Waals surface area contributed by atoms with Gasteiger partial charge in [-0.15, -0.1) is 0 Å². The molecule has 0 saturated carbocycles. The molecule has 1 heterocycles. The first-order valence-electron chi connectivity index (χ1n) is 9.00. The van der Waals surface area contributed by atoms with Crippen LogP contribution >= 0.6 is 11.6 Å². The number of carbonyl (C=O) groups excluding carboxylic acids is 1. The summed E-state index contributed by atoms with van der Waals surface area (Å²) in [6.07, 6.45) is -2.98. The van der Waals surface area contributed by atoms with Gasteiger partial charge in [0.15, 0.2) is 0 Å². The molecule has 0 N–H and O–H groups in total. The molecular formula is C22H20ClF3N2O. The van der Waals surface area contributed by atoms with Crippen LogP contribution in [0.15, 0.2) is 54.7 Å². The highest BCUT2D eigenvalue weighted by Crippen LogP contribution is 2.32. The fourth-order valence-corrected chi connectivity index (χ4v) is 3.16. The largest absolute Gasteiger partial charge is 0.416 e. The van der Waals surface area contributed by atoms with E-state index in [2.05, 4.69) is 25.9 Å². The van der Waals surface area contributed by atoms with E-state index < -0.39 is 17.0 Å². The van der Waals surface area contributed by atoms with Gasteiger partial charge in [0.25, 0.3) is 0 Å². The molecule has 7 heteroatoms. The number of rotatable bonds is 4. The van der Waals surface area contributed by atoms with Gasteiger partial charge in [0.2, 0.25) is 5.24 Å². The monoisotopic (exact) mass is 420 g/mol. The van der Waals surface area contributed by atoms with Crippen LogP contribution in [0.5, 0.6) is 0 Å². The van der Waals surface area contributed by atoms with Gasteiger partial charge in [0.1, 0.15) is 0 Å². The van der Waals surface area contributed by atoms with Gasteiger partial charge in [0, 0.05) is 17.3 Å². The number of hydrogen-bond acceptors (Lipinski definition) is 2. The first-order chi connectivity index (χ1) is 13.4. The van der Waals surface area contributed by atoms with Crippen LogP contribution in [0, 0.1) is 0 Å². The third-order valence-electron chi connectivity index (χ3n) is 4.58. The van der Waals surface area contributed by atoms with Crippen molar-refractivity contribution < 1.29 is 18.0 Å². The number of aromatic nitrogens is 2. The molecule has 29 heavy (non-hydrogen) atoms. The van der Waals surface area contributed by atoms with Gasteiger partial charge in [-0.25, -0.2) is 4.68 Å². The van der Waals surface area contributed by atoms with Crippen molar-refractivity contribution in [3.8, 4) is 16.9 Å². The maximum Gasteiger partial charge on any atom is 0.416 e. The van der Waals surface area contributed by atoms with E-state index >= 15 is 0 Å². The molecule has 0 aliphatic rings. The highest BCUT2D eigenvalue weighted by Gasteiger charge is 2.30. The van der Waals surface area contributed by atoms with E-state index in [0.29, 0.717) is 11.3 Å².